The average Bonchev–Trinajstić information content (AvgIpc) is 3.31. The van der Waals surface area contributed by atoms with Crippen LogP contribution in [0.5, 0.6) is 0 Å². The SMILES string of the molecule is Cc1[nH]c(=O)c(C#N)c(C)c1CCC(=O)Nc1ccc(-c2cn3ccsc3n2)cc1. The zero-order valence-corrected chi connectivity index (χ0v) is 17.3. The number of nitrogens with one attached hydrogen (secondary N) is 2. The fourth-order valence-corrected chi connectivity index (χ4v) is 4.17. The number of anilines is 1. The number of aromatic amines is 1. The third-order valence-corrected chi connectivity index (χ3v) is 5.85. The smallest absolute Gasteiger partial charge is 0.266 e. The van der Waals surface area contributed by atoms with Gasteiger partial charge in [0.25, 0.3) is 5.56 Å². The maximum Gasteiger partial charge on any atom is 0.266 e. The second-order valence-electron chi connectivity index (χ2n) is 7.01. The first kappa shape index (κ1) is 19.6. The number of aryl methyl sites for hydroxylation is 1. The number of rotatable bonds is 5. The number of pyridine rings is 1. The van der Waals surface area contributed by atoms with Gasteiger partial charge in [-0.05, 0) is 43.5 Å². The molecule has 0 saturated heterocycles. The van der Waals surface area contributed by atoms with Crippen LogP contribution in [0, 0.1) is 25.2 Å². The van der Waals surface area contributed by atoms with E-state index in [9.17, 15) is 9.59 Å². The second-order valence-corrected chi connectivity index (χ2v) is 7.89. The molecule has 0 bridgehead atoms. The molecule has 1 aromatic carbocycles. The van der Waals surface area contributed by atoms with Gasteiger partial charge in [0, 0.05) is 41.1 Å². The lowest BCUT2D eigenvalue weighted by Gasteiger charge is -2.11. The van der Waals surface area contributed by atoms with E-state index in [-0.39, 0.29) is 17.9 Å². The first-order chi connectivity index (χ1) is 14.5. The second kappa shape index (κ2) is 7.97. The van der Waals surface area contributed by atoms with Crippen LogP contribution in [0.15, 0.2) is 46.8 Å². The monoisotopic (exact) mass is 417 g/mol. The van der Waals surface area contributed by atoms with Gasteiger partial charge < -0.3 is 10.3 Å². The third-order valence-electron chi connectivity index (χ3n) is 5.08. The Bertz CT molecular complexity index is 1310. The maximum absolute atomic E-state index is 12.4. The molecule has 0 fully saturated rings. The predicted octanol–water partition coefficient (Wildman–Crippen LogP) is 3.81. The molecule has 3 heterocycles. The zero-order chi connectivity index (χ0) is 21.3. The molecule has 0 saturated carbocycles. The summed E-state index contributed by atoms with van der Waals surface area (Å²) in [5, 5.41) is 14.0. The number of H-pyrrole nitrogens is 1. The number of carbonyl (C=O) groups is 1. The number of hydrogen-bond acceptors (Lipinski definition) is 5. The van der Waals surface area contributed by atoms with Gasteiger partial charge in [0.1, 0.15) is 11.6 Å². The van der Waals surface area contributed by atoms with Crippen molar-refractivity contribution in [1.82, 2.24) is 14.4 Å². The Labute approximate surface area is 176 Å². The summed E-state index contributed by atoms with van der Waals surface area (Å²) in [5.41, 5.74) is 4.44. The third kappa shape index (κ3) is 3.75. The number of hydrogen-bond donors (Lipinski definition) is 2. The van der Waals surface area contributed by atoms with Crippen LogP contribution in [0.3, 0.4) is 0 Å². The van der Waals surface area contributed by atoms with Gasteiger partial charge in [-0.3, -0.25) is 14.0 Å². The summed E-state index contributed by atoms with van der Waals surface area (Å²) in [4.78, 5) is 32.4. The maximum atomic E-state index is 12.4. The Balaban J connectivity index is 1.42. The van der Waals surface area contributed by atoms with Crippen molar-refractivity contribution >= 4 is 27.9 Å². The minimum absolute atomic E-state index is 0.103. The van der Waals surface area contributed by atoms with Crippen LogP contribution in [0.2, 0.25) is 0 Å². The Morgan fingerprint density at radius 1 is 1.30 bits per heavy atom. The molecule has 4 aromatic rings. The van der Waals surface area contributed by atoms with E-state index < -0.39 is 5.56 Å². The van der Waals surface area contributed by atoms with Crippen molar-refractivity contribution in [2.45, 2.75) is 26.7 Å². The molecule has 150 valence electrons. The lowest BCUT2D eigenvalue weighted by Crippen LogP contribution is -2.18. The summed E-state index contributed by atoms with van der Waals surface area (Å²) >= 11 is 1.58. The van der Waals surface area contributed by atoms with E-state index in [2.05, 4.69) is 15.3 Å². The highest BCUT2D eigenvalue weighted by Gasteiger charge is 2.13. The molecule has 4 rings (SSSR count). The highest BCUT2D eigenvalue weighted by molar-refractivity contribution is 7.15. The molecular formula is C22H19N5O2S. The Morgan fingerprint density at radius 3 is 2.77 bits per heavy atom. The first-order valence-electron chi connectivity index (χ1n) is 9.41. The largest absolute Gasteiger partial charge is 0.326 e. The molecule has 0 aliphatic rings. The van der Waals surface area contributed by atoms with E-state index >= 15 is 0 Å². The molecule has 2 N–H and O–H groups in total. The summed E-state index contributed by atoms with van der Waals surface area (Å²) < 4.78 is 1.98. The van der Waals surface area contributed by atoms with Crippen LogP contribution in [0.25, 0.3) is 16.2 Å². The van der Waals surface area contributed by atoms with Gasteiger partial charge in [0.15, 0.2) is 4.96 Å². The number of aromatic nitrogens is 3. The summed E-state index contributed by atoms with van der Waals surface area (Å²) in [6.07, 6.45) is 4.64. The summed E-state index contributed by atoms with van der Waals surface area (Å²) in [6, 6.07) is 9.49. The van der Waals surface area contributed by atoms with E-state index in [1.165, 1.54) is 0 Å². The van der Waals surface area contributed by atoms with Crippen molar-refractivity contribution < 1.29 is 4.79 Å². The molecule has 8 heteroatoms. The lowest BCUT2D eigenvalue weighted by atomic mass is 9.99. The summed E-state index contributed by atoms with van der Waals surface area (Å²) in [6.45, 7) is 3.52. The van der Waals surface area contributed by atoms with Crippen molar-refractivity contribution in [1.29, 1.82) is 5.26 Å². The minimum Gasteiger partial charge on any atom is -0.326 e. The van der Waals surface area contributed by atoms with Crippen LogP contribution < -0.4 is 10.9 Å². The quantitative estimate of drug-likeness (QED) is 0.515. The topological polar surface area (TPSA) is 103 Å². The standard InChI is InChI=1S/C22H19N5O2S/c1-13-17(14(2)24-21(29)18(13)11-23)7-8-20(28)25-16-5-3-15(4-6-16)19-12-27-9-10-30-22(27)26-19/h3-6,9-10,12H,7-8H2,1-2H3,(H,24,29)(H,25,28). The van der Waals surface area contributed by atoms with Crippen molar-refractivity contribution in [3.8, 4) is 17.3 Å². The van der Waals surface area contributed by atoms with Gasteiger partial charge in [0.05, 0.1) is 5.69 Å². The predicted molar refractivity (Wildman–Crippen MR) is 117 cm³/mol. The Morgan fingerprint density at radius 2 is 2.07 bits per heavy atom. The van der Waals surface area contributed by atoms with Crippen LogP contribution in [-0.2, 0) is 11.2 Å². The van der Waals surface area contributed by atoms with E-state index in [4.69, 9.17) is 5.26 Å². The van der Waals surface area contributed by atoms with Gasteiger partial charge in [-0.25, -0.2) is 4.98 Å². The van der Waals surface area contributed by atoms with Crippen LogP contribution in [0.4, 0.5) is 5.69 Å². The Hall–Kier alpha value is -3.70. The van der Waals surface area contributed by atoms with Gasteiger partial charge in [-0.2, -0.15) is 5.26 Å². The van der Waals surface area contributed by atoms with E-state index in [1.807, 2.05) is 52.5 Å². The fraction of sp³-hybridized carbons (Fsp3) is 0.182. The molecule has 30 heavy (non-hydrogen) atoms. The van der Waals surface area contributed by atoms with E-state index in [0.29, 0.717) is 23.4 Å². The van der Waals surface area contributed by atoms with Crippen LogP contribution >= 0.6 is 11.3 Å². The summed E-state index contributed by atoms with van der Waals surface area (Å²) in [7, 11) is 0. The number of imidazole rings is 1. The minimum atomic E-state index is -0.390. The van der Waals surface area contributed by atoms with Crippen molar-refractivity contribution in [3.05, 3.63) is 74.8 Å². The van der Waals surface area contributed by atoms with Crippen LogP contribution in [0.1, 0.15) is 28.8 Å². The normalized spacial score (nSPS) is 10.8. The molecule has 0 atom stereocenters. The molecule has 0 unspecified atom stereocenters. The highest BCUT2D eigenvalue weighted by Crippen LogP contribution is 2.23. The molecule has 1 amide bonds. The average molecular weight is 417 g/mol. The van der Waals surface area contributed by atoms with E-state index in [1.54, 1.807) is 25.2 Å². The van der Waals surface area contributed by atoms with Gasteiger partial charge >= 0.3 is 0 Å². The lowest BCUT2D eigenvalue weighted by molar-refractivity contribution is -0.116. The first-order valence-corrected chi connectivity index (χ1v) is 10.3. The molecule has 0 spiro atoms. The number of amides is 1. The van der Waals surface area contributed by atoms with Crippen molar-refractivity contribution in [2.75, 3.05) is 5.32 Å². The van der Waals surface area contributed by atoms with Gasteiger partial charge in [-0.1, -0.05) is 12.1 Å². The number of carbonyl (C=O) groups excluding carboxylic acids is 1. The molecule has 0 radical (unpaired) electrons. The van der Waals surface area contributed by atoms with E-state index in [0.717, 1.165) is 21.8 Å². The number of nitrogens with zero attached hydrogens (tertiary/aromatic N) is 3. The number of benzene rings is 1. The van der Waals surface area contributed by atoms with Crippen molar-refractivity contribution in [2.24, 2.45) is 0 Å². The molecule has 0 aliphatic carbocycles. The number of thiazole rings is 1. The zero-order valence-electron chi connectivity index (χ0n) is 16.5. The van der Waals surface area contributed by atoms with Crippen molar-refractivity contribution in [3.63, 3.8) is 0 Å². The summed E-state index contributed by atoms with van der Waals surface area (Å²) in [5.74, 6) is -0.131. The molecule has 0 aliphatic heterocycles. The number of fused-ring (bicyclic) bond motifs is 1. The Kier molecular flexibility index (Phi) is 5.21. The number of nitriles is 1. The molecule has 3 aromatic heterocycles. The van der Waals surface area contributed by atoms with Gasteiger partial charge in [-0.15, -0.1) is 11.3 Å². The van der Waals surface area contributed by atoms with Crippen LogP contribution in [-0.4, -0.2) is 20.3 Å². The highest BCUT2D eigenvalue weighted by atomic mass is 32.1. The molecular weight excluding hydrogens is 398 g/mol. The van der Waals surface area contributed by atoms with Gasteiger partial charge in [0.2, 0.25) is 5.91 Å². The molecule has 7 nitrogen and oxygen atoms in total. The fourth-order valence-electron chi connectivity index (χ4n) is 3.47.